The van der Waals surface area contributed by atoms with Gasteiger partial charge < -0.3 is 5.32 Å². The molecule has 2 heterocycles. The summed E-state index contributed by atoms with van der Waals surface area (Å²) >= 11 is 3.19. The first-order valence-electron chi connectivity index (χ1n) is 5.63. The number of nitrogens with zero attached hydrogens (tertiary/aromatic N) is 1. The zero-order valence-corrected chi connectivity index (χ0v) is 12.0. The molecule has 1 amide bonds. The summed E-state index contributed by atoms with van der Waals surface area (Å²) < 4.78 is 24.2. The highest BCUT2D eigenvalue weighted by Crippen LogP contribution is 2.21. The van der Waals surface area contributed by atoms with Crippen LogP contribution in [0.15, 0.2) is 22.9 Å². The highest BCUT2D eigenvalue weighted by molar-refractivity contribution is 9.10. The summed E-state index contributed by atoms with van der Waals surface area (Å²) in [6.45, 7) is 0. The molecule has 0 saturated carbocycles. The van der Waals surface area contributed by atoms with Gasteiger partial charge in [0.25, 0.3) is 0 Å². The molecule has 1 unspecified atom stereocenters. The van der Waals surface area contributed by atoms with E-state index in [0.717, 1.165) is 6.42 Å². The minimum absolute atomic E-state index is 0.101. The molecule has 1 atom stereocenters. The quantitative estimate of drug-likeness (QED) is 0.837. The molecule has 0 aliphatic carbocycles. The third kappa shape index (κ3) is 3.08. The average molecular weight is 333 g/mol. The fourth-order valence-corrected chi connectivity index (χ4v) is 3.96. The van der Waals surface area contributed by atoms with Crippen molar-refractivity contribution >= 4 is 37.4 Å². The van der Waals surface area contributed by atoms with Gasteiger partial charge in [-0.2, -0.15) is 0 Å². The van der Waals surface area contributed by atoms with Crippen LogP contribution in [0.1, 0.15) is 19.3 Å². The molecule has 1 aliphatic heterocycles. The first-order valence-corrected chi connectivity index (χ1v) is 8.14. The number of sulfone groups is 1. The van der Waals surface area contributed by atoms with Gasteiger partial charge in [-0.05, 0) is 40.9 Å². The number of hydrogen-bond acceptors (Lipinski definition) is 4. The smallest absolute Gasteiger partial charge is 0.242 e. The predicted octanol–water partition coefficient (Wildman–Crippen LogP) is 1.75. The number of pyridine rings is 1. The maximum Gasteiger partial charge on any atom is 0.242 e. The van der Waals surface area contributed by atoms with Gasteiger partial charge in [0.15, 0.2) is 9.84 Å². The summed E-state index contributed by atoms with van der Waals surface area (Å²) in [4.78, 5) is 15.9. The Morgan fingerprint density at radius 2 is 2.17 bits per heavy atom. The number of amides is 1. The molecular formula is C11H13BrN2O3S. The highest BCUT2D eigenvalue weighted by atomic mass is 79.9. The second kappa shape index (κ2) is 5.36. The Hall–Kier alpha value is -0.950. The minimum atomic E-state index is -3.29. The van der Waals surface area contributed by atoms with Crippen LogP contribution >= 0.6 is 15.9 Å². The molecule has 0 aromatic carbocycles. The Morgan fingerprint density at radius 3 is 2.78 bits per heavy atom. The molecule has 7 heteroatoms. The fourth-order valence-electron chi connectivity index (χ4n) is 1.92. The third-order valence-electron chi connectivity index (χ3n) is 2.87. The number of carbonyl (C=O) groups excluding carboxylic acids is 1. The van der Waals surface area contributed by atoms with E-state index in [9.17, 15) is 13.2 Å². The molecule has 5 nitrogen and oxygen atoms in total. The number of nitrogens with one attached hydrogen (secondary N) is 1. The van der Waals surface area contributed by atoms with Crippen molar-refractivity contribution in [3.63, 3.8) is 0 Å². The summed E-state index contributed by atoms with van der Waals surface area (Å²) in [6.07, 6.45) is 3.30. The van der Waals surface area contributed by atoms with Crippen LogP contribution in [0, 0.1) is 0 Å². The van der Waals surface area contributed by atoms with Crippen LogP contribution in [0.3, 0.4) is 0 Å². The third-order valence-corrected chi connectivity index (χ3v) is 5.51. The van der Waals surface area contributed by atoms with Gasteiger partial charge in [0.05, 0.1) is 17.6 Å². The topological polar surface area (TPSA) is 76.1 Å². The largest absolute Gasteiger partial charge is 0.324 e. The fraction of sp³-hybridized carbons (Fsp3) is 0.455. The van der Waals surface area contributed by atoms with E-state index in [0.29, 0.717) is 23.1 Å². The first-order chi connectivity index (χ1) is 8.49. The number of hydrogen-bond donors (Lipinski definition) is 1. The molecule has 1 aromatic rings. The van der Waals surface area contributed by atoms with E-state index in [-0.39, 0.29) is 5.75 Å². The van der Waals surface area contributed by atoms with E-state index in [4.69, 9.17) is 0 Å². The van der Waals surface area contributed by atoms with Gasteiger partial charge in [-0.25, -0.2) is 13.4 Å². The molecule has 1 aliphatic rings. The van der Waals surface area contributed by atoms with Crippen molar-refractivity contribution < 1.29 is 13.2 Å². The zero-order valence-electron chi connectivity index (χ0n) is 9.60. The maximum atomic E-state index is 11.9. The highest BCUT2D eigenvalue weighted by Gasteiger charge is 2.34. The molecule has 1 saturated heterocycles. The summed E-state index contributed by atoms with van der Waals surface area (Å²) in [5.74, 6) is -0.359. The molecular weight excluding hydrogens is 320 g/mol. The summed E-state index contributed by atoms with van der Waals surface area (Å²) in [7, 11) is -3.29. The standard InChI is InChI=1S/C11H13BrN2O3S/c12-10-5-4-8(7-13-10)14-11(15)9-3-1-2-6-18(9,16)17/h4-5,7,9H,1-3,6H2,(H,14,15). The van der Waals surface area contributed by atoms with Gasteiger partial charge in [0.2, 0.25) is 5.91 Å². The van der Waals surface area contributed by atoms with Crippen LogP contribution in [0.4, 0.5) is 5.69 Å². The summed E-state index contributed by atoms with van der Waals surface area (Å²) in [5, 5.41) is 1.67. The van der Waals surface area contributed by atoms with Crippen molar-refractivity contribution in [3.8, 4) is 0 Å². The van der Waals surface area contributed by atoms with Crippen molar-refractivity contribution in [3.05, 3.63) is 22.9 Å². The van der Waals surface area contributed by atoms with Crippen molar-refractivity contribution in [2.45, 2.75) is 24.5 Å². The molecule has 98 valence electrons. The second-order valence-electron chi connectivity index (χ2n) is 4.21. The molecule has 1 aromatic heterocycles. The molecule has 1 fully saturated rings. The average Bonchev–Trinajstić information content (AvgIpc) is 2.31. The lowest BCUT2D eigenvalue weighted by Crippen LogP contribution is -2.39. The van der Waals surface area contributed by atoms with Gasteiger partial charge in [0, 0.05) is 0 Å². The number of halogens is 1. The van der Waals surface area contributed by atoms with Crippen molar-refractivity contribution in [2.24, 2.45) is 0 Å². The predicted molar refractivity (Wildman–Crippen MR) is 72.0 cm³/mol. The lowest BCUT2D eigenvalue weighted by Gasteiger charge is -2.21. The molecule has 1 N–H and O–H groups in total. The number of anilines is 1. The molecule has 0 spiro atoms. The maximum absolute atomic E-state index is 11.9. The summed E-state index contributed by atoms with van der Waals surface area (Å²) in [6, 6.07) is 3.36. The minimum Gasteiger partial charge on any atom is -0.324 e. The van der Waals surface area contributed by atoms with Gasteiger partial charge in [-0.3, -0.25) is 4.79 Å². The van der Waals surface area contributed by atoms with E-state index in [1.165, 1.54) is 6.20 Å². The van der Waals surface area contributed by atoms with Crippen LogP contribution in [0.2, 0.25) is 0 Å². The Labute approximate surface area is 114 Å². The summed E-state index contributed by atoms with van der Waals surface area (Å²) in [5.41, 5.74) is 0.504. The lowest BCUT2D eigenvalue weighted by molar-refractivity contribution is -0.116. The van der Waals surface area contributed by atoms with Crippen LogP contribution in [-0.4, -0.2) is 30.3 Å². The van der Waals surface area contributed by atoms with Gasteiger partial charge in [0.1, 0.15) is 9.85 Å². The van der Waals surface area contributed by atoms with Crippen LogP contribution in [0.25, 0.3) is 0 Å². The van der Waals surface area contributed by atoms with Crippen molar-refractivity contribution in [1.82, 2.24) is 4.98 Å². The van der Waals surface area contributed by atoms with Crippen LogP contribution in [0.5, 0.6) is 0 Å². The first kappa shape index (κ1) is 13.5. The van der Waals surface area contributed by atoms with E-state index < -0.39 is 21.0 Å². The van der Waals surface area contributed by atoms with Crippen molar-refractivity contribution in [2.75, 3.05) is 11.1 Å². The second-order valence-corrected chi connectivity index (χ2v) is 7.33. The Kier molecular flexibility index (Phi) is 4.01. The van der Waals surface area contributed by atoms with Crippen LogP contribution < -0.4 is 5.32 Å². The van der Waals surface area contributed by atoms with Crippen LogP contribution in [-0.2, 0) is 14.6 Å². The SMILES string of the molecule is O=C(Nc1ccc(Br)nc1)C1CCCCS1(=O)=O. The van der Waals surface area contributed by atoms with Gasteiger partial charge in [-0.15, -0.1) is 0 Å². The molecule has 2 rings (SSSR count). The van der Waals surface area contributed by atoms with E-state index in [1.807, 2.05) is 0 Å². The van der Waals surface area contributed by atoms with Gasteiger partial charge >= 0.3 is 0 Å². The van der Waals surface area contributed by atoms with E-state index in [2.05, 4.69) is 26.2 Å². The zero-order chi connectivity index (χ0) is 13.2. The molecule has 0 bridgehead atoms. The monoisotopic (exact) mass is 332 g/mol. The molecule has 0 radical (unpaired) electrons. The number of carbonyl (C=O) groups is 1. The lowest BCUT2D eigenvalue weighted by atomic mass is 10.2. The van der Waals surface area contributed by atoms with Crippen molar-refractivity contribution in [1.29, 1.82) is 0 Å². The Balaban J connectivity index is 2.10. The van der Waals surface area contributed by atoms with Gasteiger partial charge in [-0.1, -0.05) is 6.42 Å². The van der Waals surface area contributed by atoms with E-state index >= 15 is 0 Å². The Bertz CT molecular complexity index is 542. The Morgan fingerprint density at radius 1 is 1.39 bits per heavy atom. The molecule has 18 heavy (non-hydrogen) atoms. The van der Waals surface area contributed by atoms with E-state index in [1.54, 1.807) is 12.1 Å². The normalized spacial score (nSPS) is 22.4. The number of rotatable bonds is 2. The number of aromatic nitrogens is 1.